The summed E-state index contributed by atoms with van der Waals surface area (Å²) in [6.07, 6.45) is 4.10. The molecule has 5 rings (SSSR count). The Bertz CT molecular complexity index is 1630. The number of carbonyl (C=O) groups excluding carboxylic acids is 1. The first-order valence-corrected chi connectivity index (χ1v) is 13.1. The Labute approximate surface area is 237 Å². The van der Waals surface area contributed by atoms with Crippen LogP contribution in [-0.4, -0.2) is 80.8 Å². The molecule has 4 aromatic rings. The van der Waals surface area contributed by atoms with Crippen molar-refractivity contribution < 1.29 is 19.1 Å². The molecule has 1 amide bonds. The van der Waals surface area contributed by atoms with Crippen molar-refractivity contribution >= 4 is 68.2 Å². The van der Waals surface area contributed by atoms with Gasteiger partial charge < -0.3 is 25.1 Å². The highest BCUT2D eigenvalue weighted by Gasteiger charge is 2.28. The van der Waals surface area contributed by atoms with E-state index in [0.29, 0.717) is 57.8 Å². The summed E-state index contributed by atoms with van der Waals surface area (Å²) in [4.78, 5) is 46.2. The van der Waals surface area contributed by atoms with Gasteiger partial charge in [-0.1, -0.05) is 24.3 Å². The second kappa shape index (κ2) is 11.9. The van der Waals surface area contributed by atoms with Crippen molar-refractivity contribution in [2.45, 2.75) is 19.4 Å². The molecule has 0 saturated carbocycles. The number of rotatable bonds is 5. The molecule has 1 unspecified atom stereocenters. The number of nitrogens with two attached hydrogens (primary N) is 1. The Kier molecular flexibility index (Phi) is 8.60. The average Bonchev–Trinajstić information content (AvgIpc) is 3.26. The first-order chi connectivity index (χ1) is 18.7. The molecule has 13 heteroatoms. The predicted molar refractivity (Wildman–Crippen MR) is 155 cm³/mol. The van der Waals surface area contributed by atoms with Crippen molar-refractivity contribution in [1.29, 1.82) is 0 Å². The fraction of sp³-hybridized carbons (Fsp3) is 0.308. The van der Waals surface area contributed by atoms with Gasteiger partial charge in [0.2, 0.25) is 5.91 Å². The van der Waals surface area contributed by atoms with Crippen LogP contribution in [0.15, 0.2) is 45.9 Å². The maximum absolute atomic E-state index is 13.0. The summed E-state index contributed by atoms with van der Waals surface area (Å²) in [7, 11) is 3.77. The summed E-state index contributed by atoms with van der Waals surface area (Å²) in [6, 6.07) is 7.00. The zero-order chi connectivity index (χ0) is 28.3. The van der Waals surface area contributed by atoms with E-state index in [4.69, 9.17) is 20.1 Å². The molecule has 1 atom stereocenters. The van der Waals surface area contributed by atoms with E-state index in [2.05, 4.69) is 43.7 Å². The molecule has 3 N–H and O–H groups in total. The molecule has 0 radical (unpaired) electrons. The van der Waals surface area contributed by atoms with E-state index in [-0.39, 0.29) is 12.4 Å². The molecule has 12 nitrogen and oxygen atoms in total. The molecule has 0 spiro atoms. The first-order valence-electron chi connectivity index (χ1n) is 12.1. The van der Waals surface area contributed by atoms with E-state index in [1.165, 1.54) is 6.33 Å². The van der Waals surface area contributed by atoms with Crippen LogP contribution in [0.4, 0.5) is 5.82 Å². The van der Waals surface area contributed by atoms with Crippen molar-refractivity contribution in [1.82, 2.24) is 29.5 Å². The fourth-order valence-corrected chi connectivity index (χ4v) is 5.42. The Hall–Kier alpha value is -3.85. The fourth-order valence-electron chi connectivity index (χ4n) is 4.67. The SMILES string of the molecule is CC(c1oc(=O)c2ccccc2c1C1=CCN(C(=O)CN(C)C)CC1)n1nc(I)c2c(N)ncnc21.O=CO. The van der Waals surface area contributed by atoms with Gasteiger partial charge in [0.15, 0.2) is 5.65 Å². The van der Waals surface area contributed by atoms with Gasteiger partial charge >= 0.3 is 5.63 Å². The predicted octanol–water partition coefficient (Wildman–Crippen LogP) is 2.61. The second-order valence-corrected chi connectivity index (χ2v) is 10.2. The Morgan fingerprint density at radius 2 is 1.97 bits per heavy atom. The van der Waals surface area contributed by atoms with Gasteiger partial charge in [-0.15, -0.1) is 0 Å². The lowest BCUT2D eigenvalue weighted by atomic mass is 9.92. The lowest BCUT2D eigenvalue weighted by molar-refractivity contribution is -0.131. The van der Waals surface area contributed by atoms with Crippen LogP contribution in [0, 0.1) is 3.70 Å². The van der Waals surface area contributed by atoms with E-state index in [9.17, 15) is 9.59 Å². The topological polar surface area (TPSA) is 161 Å². The van der Waals surface area contributed by atoms with E-state index in [1.807, 2.05) is 49.0 Å². The maximum Gasteiger partial charge on any atom is 0.343 e. The normalized spacial score (nSPS) is 14.2. The molecule has 0 bridgehead atoms. The van der Waals surface area contributed by atoms with E-state index >= 15 is 0 Å². The summed E-state index contributed by atoms with van der Waals surface area (Å²) in [5.74, 6) is 0.930. The summed E-state index contributed by atoms with van der Waals surface area (Å²) < 4.78 is 8.38. The minimum absolute atomic E-state index is 0.0863. The summed E-state index contributed by atoms with van der Waals surface area (Å²) in [5.41, 5.74) is 8.15. The molecule has 4 heterocycles. The van der Waals surface area contributed by atoms with Crippen molar-refractivity contribution in [2.24, 2.45) is 0 Å². The number of hydrogen-bond donors (Lipinski definition) is 2. The average molecular weight is 645 g/mol. The summed E-state index contributed by atoms with van der Waals surface area (Å²) in [6.45, 7) is 3.13. The second-order valence-electron chi connectivity index (χ2n) is 9.21. The van der Waals surface area contributed by atoms with Crippen LogP contribution < -0.4 is 11.4 Å². The molecule has 1 aliphatic heterocycles. The van der Waals surface area contributed by atoms with Crippen LogP contribution in [0.5, 0.6) is 0 Å². The molecule has 204 valence electrons. The number of nitrogens with zero attached hydrogens (tertiary/aromatic N) is 6. The van der Waals surface area contributed by atoms with Gasteiger partial charge in [-0.05, 0) is 67.1 Å². The van der Waals surface area contributed by atoms with Crippen molar-refractivity contribution in [3.8, 4) is 0 Å². The monoisotopic (exact) mass is 645 g/mol. The zero-order valence-electron chi connectivity index (χ0n) is 21.7. The number of carbonyl (C=O) groups is 2. The van der Waals surface area contributed by atoms with Crippen molar-refractivity contribution in [3.63, 3.8) is 0 Å². The molecule has 0 saturated heterocycles. The lowest BCUT2D eigenvalue weighted by Gasteiger charge is -2.29. The van der Waals surface area contributed by atoms with Crippen LogP contribution >= 0.6 is 22.6 Å². The Balaban J connectivity index is 0.00000112. The Morgan fingerprint density at radius 1 is 1.28 bits per heavy atom. The molecule has 3 aromatic heterocycles. The van der Waals surface area contributed by atoms with Crippen molar-refractivity contribution in [2.75, 3.05) is 39.5 Å². The van der Waals surface area contributed by atoms with Gasteiger partial charge in [0, 0.05) is 18.7 Å². The smallest absolute Gasteiger partial charge is 0.343 e. The van der Waals surface area contributed by atoms with Crippen molar-refractivity contribution in [3.05, 3.63) is 62.1 Å². The van der Waals surface area contributed by atoms with Gasteiger partial charge in [0.05, 0.1) is 17.3 Å². The number of hydrogen-bond acceptors (Lipinski definition) is 9. The molecular weight excluding hydrogens is 617 g/mol. The lowest BCUT2D eigenvalue weighted by Crippen LogP contribution is -2.40. The number of fused-ring (bicyclic) bond motifs is 2. The molecule has 39 heavy (non-hydrogen) atoms. The first kappa shape index (κ1) is 28.2. The third-order valence-corrected chi connectivity index (χ3v) is 7.18. The number of benzene rings is 1. The van der Waals surface area contributed by atoms with Gasteiger partial charge in [-0.25, -0.2) is 19.4 Å². The molecule has 1 aliphatic rings. The number of nitrogen functional groups attached to an aromatic ring is 1. The summed E-state index contributed by atoms with van der Waals surface area (Å²) >= 11 is 2.11. The third kappa shape index (κ3) is 5.63. The van der Waals surface area contributed by atoms with Gasteiger partial charge in [0.1, 0.15) is 27.6 Å². The number of halogens is 1. The third-order valence-electron chi connectivity index (χ3n) is 6.42. The summed E-state index contributed by atoms with van der Waals surface area (Å²) in [5, 5.41) is 13.6. The highest BCUT2D eigenvalue weighted by Crippen LogP contribution is 2.36. The quantitative estimate of drug-likeness (QED) is 0.244. The highest BCUT2D eigenvalue weighted by atomic mass is 127. The Morgan fingerprint density at radius 3 is 2.62 bits per heavy atom. The van der Waals surface area contributed by atoms with Crippen LogP contribution in [0.3, 0.4) is 0 Å². The molecule has 0 fully saturated rings. The van der Waals surface area contributed by atoms with E-state index in [0.717, 1.165) is 16.5 Å². The number of anilines is 1. The number of likely N-dealkylation sites (N-methyl/N-ethyl adjacent to an activating group) is 1. The van der Waals surface area contributed by atoms with Gasteiger partial charge in [-0.2, -0.15) is 5.10 Å². The molecular formula is C26H28IN7O5. The number of carboxylic acid groups (broad SMARTS) is 1. The van der Waals surface area contributed by atoms with Crippen LogP contribution in [-0.2, 0) is 9.59 Å². The zero-order valence-corrected chi connectivity index (χ0v) is 23.8. The van der Waals surface area contributed by atoms with Gasteiger partial charge in [0.25, 0.3) is 6.47 Å². The highest BCUT2D eigenvalue weighted by molar-refractivity contribution is 14.1. The minimum Gasteiger partial charge on any atom is -0.483 e. The minimum atomic E-state index is -0.452. The largest absolute Gasteiger partial charge is 0.483 e. The number of aromatic nitrogens is 4. The molecule has 1 aromatic carbocycles. The van der Waals surface area contributed by atoms with Gasteiger partial charge in [-0.3, -0.25) is 9.59 Å². The van der Waals surface area contributed by atoms with Crippen LogP contribution in [0.2, 0.25) is 0 Å². The van der Waals surface area contributed by atoms with Crippen LogP contribution in [0.25, 0.3) is 27.4 Å². The van der Waals surface area contributed by atoms with E-state index in [1.54, 1.807) is 10.7 Å². The molecule has 0 aliphatic carbocycles. The number of amides is 1. The van der Waals surface area contributed by atoms with Crippen LogP contribution in [0.1, 0.15) is 30.7 Å². The maximum atomic E-state index is 13.0. The standard InChI is InChI=1S/C25H26IN7O3.CH2O2/c1-14(33-24-20(22(26)30-33)23(27)28-13-29-24)21-19(16-6-4-5-7-17(16)25(35)36-21)15-8-10-32(11-9-15)18(34)12-31(2)3;2-1-3/h4-8,13-14H,9-12H2,1-3H3,(H2,27,28,29);1H,(H,2,3). The van der Waals surface area contributed by atoms with E-state index < -0.39 is 11.7 Å².